The van der Waals surface area contributed by atoms with E-state index in [-0.39, 0.29) is 12.1 Å². The molecule has 2 heteroatoms. The van der Waals surface area contributed by atoms with Crippen LogP contribution in [0.3, 0.4) is 0 Å². The molecule has 0 aromatic heterocycles. The second-order valence-electron chi connectivity index (χ2n) is 6.15. The molecule has 0 heterocycles. The molecule has 2 N–H and O–H groups in total. The smallest absolute Gasteiger partial charge is 0.119 e. The van der Waals surface area contributed by atoms with Crippen LogP contribution < -0.4 is 10.5 Å². The van der Waals surface area contributed by atoms with E-state index in [0.29, 0.717) is 0 Å². The molecule has 0 bridgehead atoms. The zero-order valence-electron chi connectivity index (χ0n) is 13.0. The zero-order valence-corrected chi connectivity index (χ0v) is 13.0. The SMILES string of the molecule is CCCCc1ccc(OC2CC(CC)CCC2N)cc1. The first-order chi connectivity index (χ1) is 9.72. The van der Waals surface area contributed by atoms with Crippen LogP contribution in [-0.2, 0) is 6.42 Å². The van der Waals surface area contributed by atoms with Gasteiger partial charge in [0.1, 0.15) is 11.9 Å². The van der Waals surface area contributed by atoms with Crippen LogP contribution in [-0.4, -0.2) is 12.1 Å². The minimum Gasteiger partial charge on any atom is -0.489 e. The van der Waals surface area contributed by atoms with Gasteiger partial charge in [0.25, 0.3) is 0 Å². The summed E-state index contributed by atoms with van der Waals surface area (Å²) in [4.78, 5) is 0. The van der Waals surface area contributed by atoms with Crippen molar-refractivity contribution in [3.05, 3.63) is 29.8 Å². The Morgan fingerprint density at radius 2 is 1.90 bits per heavy atom. The molecular weight excluding hydrogens is 246 g/mol. The first-order valence-electron chi connectivity index (χ1n) is 8.24. The molecule has 3 atom stereocenters. The Kier molecular flexibility index (Phi) is 5.90. The first kappa shape index (κ1) is 15.4. The lowest BCUT2D eigenvalue weighted by Gasteiger charge is -2.33. The molecular formula is C18H29NO. The highest BCUT2D eigenvalue weighted by atomic mass is 16.5. The van der Waals surface area contributed by atoms with E-state index in [1.54, 1.807) is 0 Å². The molecule has 1 fully saturated rings. The summed E-state index contributed by atoms with van der Waals surface area (Å²) >= 11 is 0. The van der Waals surface area contributed by atoms with Crippen LogP contribution in [0.4, 0.5) is 0 Å². The van der Waals surface area contributed by atoms with Crippen LogP contribution in [0.25, 0.3) is 0 Å². The molecule has 0 radical (unpaired) electrons. The second kappa shape index (κ2) is 7.68. The van der Waals surface area contributed by atoms with E-state index in [9.17, 15) is 0 Å². The van der Waals surface area contributed by atoms with Gasteiger partial charge < -0.3 is 10.5 Å². The predicted octanol–water partition coefficient (Wildman–Crippen LogP) is 4.31. The summed E-state index contributed by atoms with van der Waals surface area (Å²) in [7, 11) is 0. The maximum Gasteiger partial charge on any atom is 0.119 e. The average Bonchev–Trinajstić information content (AvgIpc) is 2.49. The fourth-order valence-corrected chi connectivity index (χ4v) is 3.03. The molecule has 20 heavy (non-hydrogen) atoms. The van der Waals surface area contributed by atoms with Crippen molar-refractivity contribution in [2.75, 3.05) is 0 Å². The highest BCUT2D eigenvalue weighted by molar-refractivity contribution is 5.27. The van der Waals surface area contributed by atoms with E-state index in [1.807, 2.05) is 0 Å². The van der Waals surface area contributed by atoms with Gasteiger partial charge in [-0.1, -0.05) is 38.8 Å². The van der Waals surface area contributed by atoms with Crippen LogP contribution in [0.5, 0.6) is 5.75 Å². The van der Waals surface area contributed by atoms with Crippen molar-refractivity contribution < 1.29 is 4.74 Å². The molecule has 1 aromatic rings. The monoisotopic (exact) mass is 275 g/mol. The summed E-state index contributed by atoms with van der Waals surface area (Å²) in [6.45, 7) is 4.49. The summed E-state index contributed by atoms with van der Waals surface area (Å²) in [6.07, 6.45) is 8.55. The van der Waals surface area contributed by atoms with Crippen molar-refractivity contribution in [1.29, 1.82) is 0 Å². The summed E-state index contributed by atoms with van der Waals surface area (Å²) in [5.74, 6) is 1.76. The van der Waals surface area contributed by atoms with Crippen LogP contribution in [0.1, 0.15) is 57.9 Å². The first-order valence-corrected chi connectivity index (χ1v) is 8.24. The molecule has 2 rings (SSSR count). The third-order valence-corrected chi connectivity index (χ3v) is 4.56. The lowest BCUT2D eigenvalue weighted by Crippen LogP contribution is -2.43. The standard InChI is InChI=1S/C18H29NO/c1-3-5-6-15-7-10-16(11-8-15)20-18-13-14(4-2)9-12-17(18)19/h7-8,10-11,14,17-18H,3-6,9,12-13,19H2,1-2H3. The van der Waals surface area contributed by atoms with E-state index in [0.717, 1.165) is 30.9 Å². The molecule has 0 amide bonds. The van der Waals surface area contributed by atoms with E-state index < -0.39 is 0 Å². The molecule has 1 aromatic carbocycles. The Balaban J connectivity index is 1.91. The quantitative estimate of drug-likeness (QED) is 0.839. The molecule has 1 aliphatic rings. The molecule has 3 unspecified atom stereocenters. The number of hydrogen-bond acceptors (Lipinski definition) is 2. The predicted molar refractivity (Wildman–Crippen MR) is 85.1 cm³/mol. The van der Waals surface area contributed by atoms with Crippen LogP contribution in [0, 0.1) is 5.92 Å². The zero-order chi connectivity index (χ0) is 14.4. The van der Waals surface area contributed by atoms with E-state index in [1.165, 1.54) is 31.2 Å². The lowest BCUT2D eigenvalue weighted by atomic mass is 9.83. The van der Waals surface area contributed by atoms with Crippen molar-refractivity contribution in [2.24, 2.45) is 11.7 Å². The maximum atomic E-state index is 6.21. The van der Waals surface area contributed by atoms with Crippen LogP contribution in [0.2, 0.25) is 0 Å². The molecule has 112 valence electrons. The Labute approximate surface area is 123 Å². The van der Waals surface area contributed by atoms with Gasteiger partial charge in [0.05, 0.1) is 0 Å². The van der Waals surface area contributed by atoms with Crippen molar-refractivity contribution in [2.45, 2.75) is 70.9 Å². The van der Waals surface area contributed by atoms with Gasteiger partial charge >= 0.3 is 0 Å². The molecule has 2 nitrogen and oxygen atoms in total. The molecule has 0 aliphatic heterocycles. The lowest BCUT2D eigenvalue weighted by molar-refractivity contribution is 0.101. The van der Waals surface area contributed by atoms with E-state index in [4.69, 9.17) is 10.5 Å². The number of aryl methyl sites for hydroxylation is 1. The van der Waals surface area contributed by atoms with Crippen LogP contribution >= 0.6 is 0 Å². The Morgan fingerprint density at radius 3 is 2.55 bits per heavy atom. The van der Waals surface area contributed by atoms with Gasteiger partial charge in [0, 0.05) is 6.04 Å². The summed E-state index contributed by atoms with van der Waals surface area (Å²) < 4.78 is 6.13. The van der Waals surface area contributed by atoms with Crippen molar-refractivity contribution >= 4 is 0 Å². The third kappa shape index (κ3) is 4.24. The summed E-state index contributed by atoms with van der Waals surface area (Å²) in [5, 5.41) is 0. The highest BCUT2D eigenvalue weighted by Crippen LogP contribution is 2.29. The van der Waals surface area contributed by atoms with Gasteiger partial charge in [-0.25, -0.2) is 0 Å². The van der Waals surface area contributed by atoms with Crippen LogP contribution in [0.15, 0.2) is 24.3 Å². The van der Waals surface area contributed by atoms with Crippen molar-refractivity contribution in [3.63, 3.8) is 0 Å². The number of hydrogen-bond donors (Lipinski definition) is 1. The third-order valence-electron chi connectivity index (χ3n) is 4.56. The molecule has 0 spiro atoms. The average molecular weight is 275 g/mol. The van der Waals surface area contributed by atoms with Crippen molar-refractivity contribution in [3.8, 4) is 5.75 Å². The summed E-state index contributed by atoms with van der Waals surface area (Å²) in [6, 6.07) is 8.78. The summed E-state index contributed by atoms with van der Waals surface area (Å²) in [5.41, 5.74) is 7.62. The van der Waals surface area contributed by atoms with Gasteiger partial charge in [-0.3, -0.25) is 0 Å². The fraction of sp³-hybridized carbons (Fsp3) is 0.667. The minimum absolute atomic E-state index is 0.190. The second-order valence-corrected chi connectivity index (χ2v) is 6.15. The Hall–Kier alpha value is -1.02. The van der Waals surface area contributed by atoms with Gasteiger partial charge in [-0.15, -0.1) is 0 Å². The Bertz CT molecular complexity index is 387. The van der Waals surface area contributed by atoms with E-state index >= 15 is 0 Å². The number of nitrogens with two attached hydrogens (primary N) is 1. The fourth-order valence-electron chi connectivity index (χ4n) is 3.03. The number of rotatable bonds is 6. The van der Waals surface area contributed by atoms with Gasteiger partial charge in [0.15, 0.2) is 0 Å². The molecule has 1 saturated carbocycles. The number of ether oxygens (including phenoxy) is 1. The molecule has 1 aliphatic carbocycles. The Morgan fingerprint density at radius 1 is 1.15 bits per heavy atom. The van der Waals surface area contributed by atoms with Gasteiger partial charge in [-0.05, 0) is 55.7 Å². The number of benzene rings is 1. The maximum absolute atomic E-state index is 6.21. The highest BCUT2D eigenvalue weighted by Gasteiger charge is 2.28. The van der Waals surface area contributed by atoms with Gasteiger partial charge in [-0.2, -0.15) is 0 Å². The van der Waals surface area contributed by atoms with Gasteiger partial charge in [0.2, 0.25) is 0 Å². The normalized spacial score (nSPS) is 26.4. The number of unbranched alkanes of at least 4 members (excludes halogenated alkanes) is 1. The van der Waals surface area contributed by atoms with E-state index in [2.05, 4.69) is 38.1 Å². The topological polar surface area (TPSA) is 35.2 Å². The molecule has 0 saturated heterocycles. The minimum atomic E-state index is 0.190. The van der Waals surface area contributed by atoms with Crippen molar-refractivity contribution in [1.82, 2.24) is 0 Å². The largest absolute Gasteiger partial charge is 0.489 e.